The number of anilines is 2. The van der Waals surface area contributed by atoms with Gasteiger partial charge in [0.25, 0.3) is 5.00 Å². The van der Waals surface area contributed by atoms with Gasteiger partial charge >= 0.3 is 0 Å². The molecule has 0 unspecified atom stereocenters. The van der Waals surface area contributed by atoms with Crippen LogP contribution in [0.4, 0.5) is 20.3 Å². The summed E-state index contributed by atoms with van der Waals surface area (Å²) in [4.78, 5) is 36.7. The first-order chi connectivity index (χ1) is 20.3. The number of benzene rings is 1. The molecule has 6 rings (SSSR count). The summed E-state index contributed by atoms with van der Waals surface area (Å²) in [5.41, 5.74) is 3.87. The van der Waals surface area contributed by atoms with E-state index in [1.807, 2.05) is 18.1 Å². The number of aliphatic hydroxyl groups excluding tert-OH is 1. The standard InChI is InChI=1S/C30H33FN8O2S/c1-4-23-29(36(3)30-35-27(28(32-2)42-30)20-5-7-21(31)8-6-20)39-17-24(33-15-25(39)34-23)19-9-12-37(13-10-19)18-26(41)38-14-11-22(40)16-38/h5-8,15,17,19,22,40H,4,9-14,16,18H2,1,3H3/t22-/m0/s1. The van der Waals surface area contributed by atoms with Crippen LogP contribution >= 0.6 is 11.3 Å². The number of amides is 1. The Labute approximate surface area is 247 Å². The van der Waals surface area contributed by atoms with Crippen LogP contribution in [0, 0.1) is 12.4 Å². The molecule has 2 fully saturated rings. The largest absolute Gasteiger partial charge is 0.391 e. The monoisotopic (exact) mass is 588 g/mol. The van der Waals surface area contributed by atoms with Gasteiger partial charge in [-0.3, -0.25) is 19.1 Å². The summed E-state index contributed by atoms with van der Waals surface area (Å²) in [5.74, 6) is 0.899. The Bertz CT molecular complexity index is 1640. The Morgan fingerprint density at radius 3 is 2.62 bits per heavy atom. The number of thiazole rings is 1. The lowest BCUT2D eigenvalue weighted by molar-refractivity contribution is -0.132. The lowest BCUT2D eigenvalue weighted by Gasteiger charge is -2.32. The molecule has 3 aromatic heterocycles. The highest BCUT2D eigenvalue weighted by Crippen LogP contribution is 2.42. The first-order valence-electron chi connectivity index (χ1n) is 14.3. The molecule has 2 saturated heterocycles. The highest BCUT2D eigenvalue weighted by Gasteiger charge is 2.29. The van der Waals surface area contributed by atoms with E-state index < -0.39 is 6.10 Å². The van der Waals surface area contributed by atoms with Crippen molar-refractivity contribution in [3.8, 4) is 11.3 Å². The molecule has 0 saturated carbocycles. The van der Waals surface area contributed by atoms with E-state index in [-0.39, 0.29) is 17.6 Å². The van der Waals surface area contributed by atoms with Crippen molar-refractivity contribution in [2.75, 3.05) is 44.7 Å². The summed E-state index contributed by atoms with van der Waals surface area (Å²) in [6.45, 7) is 12.9. The summed E-state index contributed by atoms with van der Waals surface area (Å²) in [7, 11) is 1.93. The lowest BCUT2D eigenvalue weighted by atomic mass is 9.94. The third-order valence-corrected chi connectivity index (χ3v) is 9.24. The summed E-state index contributed by atoms with van der Waals surface area (Å²) in [6, 6.07) is 6.04. The summed E-state index contributed by atoms with van der Waals surface area (Å²) in [6.07, 6.45) is 6.65. The van der Waals surface area contributed by atoms with Gasteiger partial charge in [-0.05, 0) is 56.5 Å². The minimum atomic E-state index is -0.400. The maximum Gasteiger partial charge on any atom is 0.270 e. The van der Waals surface area contributed by atoms with E-state index >= 15 is 0 Å². The Hall–Kier alpha value is -3.92. The molecular weight excluding hydrogens is 555 g/mol. The fourth-order valence-electron chi connectivity index (χ4n) is 5.86. The zero-order valence-electron chi connectivity index (χ0n) is 23.7. The first-order valence-corrected chi connectivity index (χ1v) is 15.1. The van der Waals surface area contributed by atoms with Crippen LogP contribution in [0.15, 0.2) is 36.7 Å². The van der Waals surface area contributed by atoms with Crippen LogP contribution in [0.3, 0.4) is 0 Å². The second-order valence-corrected chi connectivity index (χ2v) is 11.9. The fraction of sp³-hybridized carbons (Fsp3) is 0.433. The molecule has 1 aromatic carbocycles. The van der Waals surface area contributed by atoms with Gasteiger partial charge in [-0.15, -0.1) is 11.3 Å². The number of carbonyl (C=O) groups is 1. The van der Waals surface area contributed by atoms with Crippen molar-refractivity contribution in [2.45, 2.75) is 44.6 Å². The Morgan fingerprint density at radius 1 is 1.19 bits per heavy atom. The Kier molecular flexibility index (Phi) is 7.90. The predicted molar refractivity (Wildman–Crippen MR) is 160 cm³/mol. The number of hydrogen-bond acceptors (Lipinski definition) is 8. The number of piperidine rings is 1. The van der Waals surface area contributed by atoms with E-state index in [9.17, 15) is 14.3 Å². The maximum atomic E-state index is 13.5. The van der Waals surface area contributed by atoms with Crippen molar-refractivity contribution in [3.63, 3.8) is 0 Å². The summed E-state index contributed by atoms with van der Waals surface area (Å²) >= 11 is 1.30. The van der Waals surface area contributed by atoms with E-state index in [1.165, 1.54) is 23.5 Å². The predicted octanol–water partition coefficient (Wildman–Crippen LogP) is 4.65. The number of nitrogens with zero attached hydrogens (tertiary/aromatic N) is 8. The van der Waals surface area contributed by atoms with Crippen molar-refractivity contribution in [3.05, 3.63) is 65.3 Å². The van der Waals surface area contributed by atoms with Gasteiger partial charge in [0, 0.05) is 32.3 Å². The van der Waals surface area contributed by atoms with Crippen LogP contribution in [0.1, 0.15) is 43.5 Å². The number of hydrogen-bond donors (Lipinski definition) is 1. The molecule has 218 valence electrons. The molecule has 1 amide bonds. The van der Waals surface area contributed by atoms with Gasteiger partial charge in [0.15, 0.2) is 10.8 Å². The first kappa shape index (κ1) is 28.2. The number of carbonyl (C=O) groups excluding carboxylic acids is 1. The van der Waals surface area contributed by atoms with Crippen LogP contribution in [0.25, 0.3) is 21.7 Å². The van der Waals surface area contributed by atoms with Gasteiger partial charge in [0.2, 0.25) is 5.91 Å². The third kappa shape index (κ3) is 5.47. The average Bonchev–Trinajstić information content (AvgIpc) is 3.73. The van der Waals surface area contributed by atoms with Crippen molar-refractivity contribution >= 4 is 38.8 Å². The molecular formula is C30H33FN8O2S. The van der Waals surface area contributed by atoms with Crippen LogP contribution in [0.5, 0.6) is 0 Å². The number of aliphatic hydroxyl groups is 1. The van der Waals surface area contributed by atoms with Gasteiger partial charge in [0.05, 0.1) is 42.5 Å². The van der Waals surface area contributed by atoms with Crippen LogP contribution in [-0.2, 0) is 11.2 Å². The average molecular weight is 589 g/mol. The second kappa shape index (κ2) is 11.8. The van der Waals surface area contributed by atoms with E-state index in [2.05, 4.69) is 27.3 Å². The molecule has 10 nitrogen and oxygen atoms in total. The maximum absolute atomic E-state index is 13.5. The number of likely N-dealkylation sites (tertiary alicyclic amines) is 2. The molecule has 1 atom stereocenters. The van der Waals surface area contributed by atoms with Crippen molar-refractivity contribution in [1.82, 2.24) is 29.2 Å². The highest BCUT2D eigenvalue weighted by molar-refractivity contribution is 7.20. The molecule has 5 heterocycles. The number of halogens is 1. The fourth-order valence-corrected chi connectivity index (χ4v) is 6.70. The molecule has 1 N–H and O–H groups in total. The molecule has 2 aliphatic rings. The van der Waals surface area contributed by atoms with E-state index in [0.717, 1.165) is 48.8 Å². The third-order valence-electron chi connectivity index (χ3n) is 8.21. The number of rotatable bonds is 7. The SMILES string of the molecule is [C-]#[N+]c1sc(N(C)c2c(CC)nc3cnc(C4CCN(CC(=O)N5CC[C@H](O)C5)CC4)cn23)nc1-c1ccc(F)cc1. The van der Waals surface area contributed by atoms with Gasteiger partial charge in [0.1, 0.15) is 11.6 Å². The van der Waals surface area contributed by atoms with E-state index in [4.69, 9.17) is 21.5 Å². The molecule has 4 aromatic rings. The smallest absolute Gasteiger partial charge is 0.270 e. The Morgan fingerprint density at radius 2 is 1.95 bits per heavy atom. The molecule has 0 spiro atoms. The second-order valence-electron chi connectivity index (χ2n) is 10.9. The van der Waals surface area contributed by atoms with Gasteiger partial charge in [-0.25, -0.2) is 19.2 Å². The number of imidazole rings is 1. The molecule has 0 radical (unpaired) electrons. The highest BCUT2D eigenvalue weighted by atomic mass is 32.1. The Balaban J connectivity index is 1.22. The molecule has 0 aliphatic carbocycles. The summed E-state index contributed by atoms with van der Waals surface area (Å²) in [5, 5.41) is 10.9. The quantitative estimate of drug-likeness (QED) is 0.314. The zero-order chi connectivity index (χ0) is 29.4. The zero-order valence-corrected chi connectivity index (χ0v) is 24.5. The van der Waals surface area contributed by atoms with Gasteiger partial charge < -0.3 is 14.9 Å². The van der Waals surface area contributed by atoms with Crippen molar-refractivity contribution in [1.29, 1.82) is 0 Å². The number of aryl methyl sites for hydroxylation is 1. The minimum absolute atomic E-state index is 0.0916. The minimum Gasteiger partial charge on any atom is -0.391 e. The van der Waals surface area contributed by atoms with Crippen LogP contribution in [0.2, 0.25) is 0 Å². The van der Waals surface area contributed by atoms with Crippen molar-refractivity contribution < 1.29 is 14.3 Å². The lowest BCUT2D eigenvalue weighted by Crippen LogP contribution is -2.42. The van der Waals surface area contributed by atoms with Crippen LogP contribution < -0.4 is 4.90 Å². The molecule has 0 bridgehead atoms. The van der Waals surface area contributed by atoms with E-state index in [0.29, 0.717) is 53.9 Å². The number of aromatic nitrogens is 4. The van der Waals surface area contributed by atoms with Gasteiger partial charge in [-0.2, -0.15) is 0 Å². The molecule has 2 aliphatic heterocycles. The molecule has 42 heavy (non-hydrogen) atoms. The molecule has 12 heteroatoms. The number of fused-ring (bicyclic) bond motifs is 1. The van der Waals surface area contributed by atoms with Gasteiger partial charge in [-0.1, -0.05) is 19.1 Å². The summed E-state index contributed by atoms with van der Waals surface area (Å²) < 4.78 is 15.6. The number of β-amino-alcohol motifs (C(OH)–C–C–N with tert-alkyl or cyclic N) is 1. The van der Waals surface area contributed by atoms with Crippen molar-refractivity contribution in [2.24, 2.45) is 0 Å². The normalized spacial score (nSPS) is 18.1. The van der Waals surface area contributed by atoms with Crippen LogP contribution in [-0.4, -0.2) is 86.0 Å². The van der Waals surface area contributed by atoms with E-state index in [1.54, 1.807) is 17.0 Å². The topological polar surface area (TPSA) is 94.5 Å².